The number of aliphatic hydroxyl groups excluding tert-OH is 1. The van der Waals surface area contributed by atoms with Crippen LogP contribution in [0.25, 0.3) is 0 Å². The third-order valence-corrected chi connectivity index (χ3v) is 9.60. The van der Waals surface area contributed by atoms with Crippen LogP contribution in [0.1, 0.15) is 58.8 Å². The van der Waals surface area contributed by atoms with Crippen LogP contribution < -0.4 is 0 Å². The van der Waals surface area contributed by atoms with Crippen LogP contribution in [-0.4, -0.2) is 51.1 Å². The van der Waals surface area contributed by atoms with E-state index in [0.29, 0.717) is 25.7 Å². The number of fused-ring (bicyclic) bond motifs is 5. The van der Waals surface area contributed by atoms with Crippen molar-refractivity contribution in [2.45, 2.75) is 81.0 Å². The first kappa shape index (κ1) is 25.2. The predicted octanol–water partition coefficient (Wildman–Crippen LogP) is 4.41. The Bertz CT molecular complexity index is 911. The van der Waals surface area contributed by atoms with Crippen molar-refractivity contribution in [2.75, 3.05) is 6.07 Å². The number of rotatable bonds is 4. The molecule has 0 spiro atoms. The molecule has 3 fully saturated rings. The molecule has 0 saturated heterocycles. The molecule has 4 aliphatic rings. The van der Waals surface area contributed by atoms with Crippen LogP contribution in [0.15, 0.2) is 11.6 Å². The molecule has 4 rings (SSSR count). The maximum absolute atomic E-state index is 17.2. The summed E-state index contributed by atoms with van der Waals surface area (Å²) in [5.41, 5.74) is -5.16. The van der Waals surface area contributed by atoms with Gasteiger partial charge < -0.3 is 14.6 Å². The molecule has 2 unspecified atom stereocenters. The maximum atomic E-state index is 17.2. The van der Waals surface area contributed by atoms with E-state index >= 15 is 4.39 Å². The summed E-state index contributed by atoms with van der Waals surface area (Å²) >= 11 is 17.1. The van der Waals surface area contributed by atoms with E-state index in [-0.39, 0.29) is 31.0 Å². The molecule has 7 atom stereocenters. The summed E-state index contributed by atoms with van der Waals surface area (Å²) in [6.45, 7) is 3.52. The summed E-state index contributed by atoms with van der Waals surface area (Å²) in [5, 5.41) is 11.4. The Hall–Kier alpha value is -0.890. The van der Waals surface area contributed by atoms with Crippen LogP contribution >= 0.6 is 34.8 Å². The summed E-state index contributed by atoms with van der Waals surface area (Å²) in [5.74, 6) is -2.87. The van der Waals surface area contributed by atoms with Gasteiger partial charge in [0, 0.05) is 23.2 Å². The zero-order valence-electron chi connectivity index (χ0n) is 18.5. The summed E-state index contributed by atoms with van der Waals surface area (Å²) in [4.78, 5) is 36.1. The second-order valence-electron chi connectivity index (χ2n) is 10.3. The minimum absolute atomic E-state index is 0.0213. The van der Waals surface area contributed by atoms with Crippen molar-refractivity contribution in [3.63, 3.8) is 0 Å². The van der Waals surface area contributed by atoms with Crippen LogP contribution in [-0.2, 0) is 23.9 Å². The number of ketones is 1. The van der Waals surface area contributed by atoms with Gasteiger partial charge in [0.2, 0.25) is 10.4 Å². The topological polar surface area (TPSA) is 89.9 Å². The van der Waals surface area contributed by atoms with Gasteiger partial charge in [-0.3, -0.25) is 4.79 Å². The molecule has 0 bridgehead atoms. The minimum atomic E-state index is -1.99. The van der Waals surface area contributed by atoms with Crippen LogP contribution in [0.4, 0.5) is 4.39 Å². The lowest BCUT2D eigenvalue weighted by molar-refractivity contribution is -0.238. The number of carbonyl (C=O) groups is 3. The summed E-state index contributed by atoms with van der Waals surface area (Å²) in [6, 6.07) is -0.455. The van der Waals surface area contributed by atoms with Gasteiger partial charge in [-0.1, -0.05) is 54.2 Å². The average Bonchev–Trinajstić information content (AvgIpc) is 3.02. The summed E-state index contributed by atoms with van der Waals surface area (Å²) in [6.07, 6.45) is 1.90. The highest BCUT2D eigenvalue weighted by Gasteiger charge is 2.76. The first-order chi connectivity index (χ1) is 15.4. The molecule has 4 aliphatic carbocycles. The number of ether oxygens (including phenoxy) is 2. The number of carbonyl (C=O) groups excluding carboxylic acids is 3. The van der Waals surface area contributed by atoms with Crippen molar-refractivity contribution >= 4 is 52.5 Å². The molecular weight excluding hydrogens is 498 g/mol. The number of hydrogen-bond donors (Lipinski definition) is 1. The Morgan fingerprint density at radius 3 is 2.55 bits per heavy atom. The normalized spacial score (nSPS) is 44.4. The molecule has 3 saturated carbocycles. The van der Waals surface area contributed by atoms with E-state index in [4.69, 9.17) is 44.3 Å². The van der Waals surface area contributed by atoms with E-state index in [1.165, 1.54) is 0 Å². The smallest absolute Gasteiger partial charge is 0.352 e. The van der Waals surface area contributed by atoms with Gasteiger partial charge >= 0.3 is 11.9 Å². The standard InChI is InChI=1S/C23H28Cl3FO6/c1-20-7-5-13(28)9-12(20)3-4-15-14-6-8-22(19(31)32-11-24,33-18(30)17(25)26)21(14,2)10-16(29)23(15,20)27/h9,14-17,29H,3-8,10-11H2,1-2H3/t14-,15-,16?,20-,21-,22?,23+/m0/s1. The molecule has 0 amide bonds. The highest BCUT2D eigenvalue weighted by Crippen LogP contribution is 2.71. The third kappa shape index (κ3) is 3.32. The average molecular weight is 526 g/mol. The predicted molar refractivity (Wildman–Crippen MR) is 120 cm³/mol. The van der Waals surface area contributed by atoms with Gasteiger partial charge in [0.05, 0.1) is 6.10 Å². The molecule has 33 heavy (non-hydrogen) atoms. The number of hydrogen-bond acceptors (Lipinski definition) is 6. The third-order valence-electron chi connectivity index (χ3n) is 9.13. The number of esters is 2. The highest BCUT2D eigenvalue weighted by atomic mass is 35.5. The zero-order valence-corrected chi connectivity index (χ0v) is 20.8. The fourth-order valence-corrected chi connectivity index (χ4v) is 7.67. The fourth-order valence-electron chi connectivity index (χ4n) is 7.49. The van der Waals surface area contributed by atoms with Crippen molar-refractivity contribution < 1.29 is 33.4 Å². The SMILES string of the molecule is C[C@]12CC(O)[C@]3(F)[C@@H](CCC4=CC(=O)CC[C@@]43C)[C@@H]1CCC2(OC(=O)C(Cl)Cl)C(=O)OCCl. The number of aliphatic hydroxyl groups is 1. The van der Waals surface area contributed by atoms with Crippen LogP contribution in [0, 0.1) is 22.7 Å². The zero-order chi connectivity index (χ0) is 24.4. The Balaban J connectivity index is 1.79. The van der Waals surface area contributed by atoms with Crippen molar-refractivity contribution in [2.24, 2.45) is 22.7 Å². The molecule has 0 aromatic carbocycles. The van der Waals surface area contributed by atoms with E-state index in [0.717, 1.165) is 5.57 Å². The molecule has 0 aromatic heterocycles. The Kier molecular flexibility index (Phi) is 6.38. The number of allylic oxidation sites excluding steroid dienone is 1. The van der Waals surface area contributed by atoms with Crippen molar-refractivity contribution in [3.8, 4) is 0 Å². The van der Waals surface area contributed by atoms with Gasteiger partial charge in [-0.2, -0.15) is 0 Å². The highest BCUT2D eigenvalue weighted by molar-refractivity contribution is 6.53. The van der Waals surface area contributed by atoms with Crippen LogP contribution in [0.2, 0.25) is 0 Å². The minimum Gasteiger partial charge on any atom is -0.446 e. The molecule has 0 aromatic rings. The monoisotopic (exact) mass is 524 g/mol. The lowest BCUT2D eigenvalue weighted by Gasteiger charge is -2.63. The second kappa shape index (κ2) is 8.35. The van der Waals surface area contributed by atoms with Gasteiger partial charge in [0.1, 0.15) is 5.67 Å². The van der Waals surface area contributed by atoms with Gasteiger partial charge in [-0.25, -0.2) is 14.0 Å². The van der Waals surface area contributed by atoms with Gasteiger partial charge in [0.15, 0.2) is 11.8 Å². The Morgan fingerprint density at radius 1 is 1.21 bits per heavy atom. The van der Waals surface area contributed by atoms with Crippen molar-refractivity contribution in [1.82, 2.24) is 0 Å². The molecule has 0 radical (unpaired) electrons. The number of halogens is 4. The first-order valence-corrected chi connectivity index (χ1v) is 12.6. The quantitative estimate of drug-likeness (QED) is 0.432. The lowest BCUT2D eigenvalue weighted by atomic mass is 9.44. The Morgan fingerprint density at radius 2 is 1.91 bits per heavy atom. The summed E-state index contributed by atoms with van der Waals surface area (Å²) < 4.78 is 27.9. The second-order valence-corrected chi connectivity index (χ2v) is 11.6. The van der Waals surface area contributed by atoms with Crippen molar-refractivity contribution in [1.29, 1.82) is 0 Å². The van der Waals surface area contributed by atoms with Crippen LogP contribution in [0.3, 0.4) is 0 Å². The van der Waals surface area contributed by atoms with E-state index in [1.54, 1.807) is 19.9 Å². The fraction of sp³-hybridized carbons (Fsp3) is 0.783. The van der Waals surface area contributed by atoms with E-state index in [9.17, 15) is 19.5 Å². The molecule has 6 nitrogen and oxygen atoms in total. The maximum Gasteiger partial charge on any atom is 0.352 e. The van der Waals surface area contributed by atoms with Gasteiger partial charge in [-0.15, -0.1) is 0 Å². The van der Waals surface area contributed by atoms with E-state index in [2.05, 4.69) is 0 Å². The van der Waals surface area contributed by atoms with Crippen molar-refractivity contribution in [3.05, 3.63) is 11.6 Å². The summed E-state index contributed by atoms with van der Waals surface area (Å²) in [7, 11) is 0. The van der Waals surface area contributed by atoms with Crippen LogP contribution in [0.5, 0.6) is 0 Å². The molecule has 0 heterocycles. The molecular formula is C23H28Cl3FO6. The lowest BCUT2D eigenvalue weighted by Crippen LogP contribution is -2.70. The molecule has 1 N–H and O–H groups in total. The largest absolute Gasteiger partial charge is 0.446 e. The Labute approximate surface area is 207 Å². The van der Waals surface area contributed by atoms with Gasteiger partial charge in [0.25, 0.3) is 0 Å². The van der Waals surface area contributed by atoms with E-state index < -0.39 is 57.0 Å². The van der Waals surface area contributed by atoms with Gasteiger partial charge in [-0.05, 0) is 50.5 Å². The first-order valence-electron chi connectivity index (χ1n) is 11.2. The molecule has 10 heteroatoms. The molecule has 0 aliphatic heterocycles. The molecule has 184 valence electrons. The van der Waals surface area contributed by atoms with E-state index in [1.807, 2.05) is 0 Å². The number of alkyl halides is 4.